The number of benzene rings is 3. The van der Waals surface area contributed by atoms with Crippen molar-refractivity contribution in [3.63, 3.8) is 0 Å². The second-order valence-electron chi connectivity index (χ2n) is 4.69. The van der Waals surface area contributed by atoms with Gasteiger partial charge in [-0.05, 0) is 29.7 Å². The molecule has 0 spiro atoms. The summed E-state index contributed by atoms with van der Waals surface area (Å²) in [5, 5.41) is 2.62. The van der Waals surface area contributed by atoms with Gasteiger partial charge in [0.1, 0.15) is 0 Å². The lowest BCUT2D eigenvalue weighted by Gasteiger charge is -1.94. The van der Waals surface area contributed by atoms with E-state index in [4.69, 9.17) is 0 Å². The van der Waals surface area contributed by atoms with Crippen LogP contribution in [0.3, 0.4) is 0 Å². The van der Waals surface area contributed by atoms with E-state index in [0.29, 0.717) is 0 Å². The van der Waals surface area contributed by atoms with Crippen molar-refractivity contribution < 1.29 is 0 Å². The second-order valence-corrected chi connectivity index (χ2v) is 4.69. The van der Waals surface area contributed by atoms with Gasteiger partial charge in [-0.25, -0.2) is 0 Å². The van der Waals surface area contributed by atoms with Crippen molar-refractivity contribution in [1.82, 2.24) is 0 Å². The molecule has 0 aromatic heterocycles. The fraction of sp³-hybridized carbons (Fsp3) is 0.304. The molecule has 0 saturated heterocycles. The Kier molecular flexibility index (Phi) is 12.3. The van der Waals surface area contributed by atoms with Crippen molar-refractivity contribution in [2.45, 2.75) is 48.0 Å². The van der Waals surface area contributed by atoms with E-state index in [0.717, 1.165) is 6.42 Å². The molecule has 0 atom stereocenters. The molecule has 3 aromatic rings. The van der Waals surface area contributed by atoms with Gasteiger partial charge >= 0.3 is 0 Å². The maximum absolute atomic E-state index is 2.18. The zero-order chi connectivity index (χ0) is 17.5. The van der Waals surface area contributed by atoms with Gasteiger partial charge < -0.3 is 0 Å². The molecule has 0 aliphatic carbocycles. The average Bonchev–Trinajstić information content (AvgIpc) is 2.66. The molecule has 0 heterocycles. The van der Waals surface area contributed by atoms with Crippen molar-refractivity contribution >= 4 is 10.8 Å². The van der Waals surface area contributed by atoms with Crippen molar-refractivity contribution in [3.8, 4) is 0 Å². The molecule has 0 bridgehead atoms. The Morgan fingerprint density at radius 2 is 0.913 bits per heavy atom. The second kappa shape index (κ2) is 13.6. The molecular weight excluding hydrogens is 276 g/mol. The lowest BCUT2D eigenvalue weighted by atomic mass is 10.1. The Morgan fingerprint density at radius 1 is 0.565 bits per heavy atom. The SMILES string of the molecule is CC.CC.CCc1ccc(C)cc1.c1ccc2ccccc2c1. The zero-order valence-electron chi connectivity index (χ0n) is 15.6. The highest BCUT2D eigenvalue weighted by molar-refractivity contribution is 5.81. The van der Waals surface area contributed by atoms with E-state index in [1.807, 2.05) is 27.7 Å². The molecule has 0 nitrogen and oxygen atoms in total. The van der Waals surface area contributed by atoms with Crippen LogP contribution in [0, 0.1) is 6.92 Å². The number of hydrogen-bond acceptors (Lipinski definition) is 0. The molecule has 0 heteroatoms. The fourth-order valence-corrected chi connectivity index (χ4v) is 1.96. The number of fused-ring (bicyclic) bond motifs is 1. The van der Waals surface area contributed by atoms with Crippen LogP contribution in [0.4, 0.5) is 0 Å². The van der Waals surface area contributed by atoms with E-state index in [1.165, 1.54) is 21.9 Å². The third kappa shape index (κ3) is 8.21. The van der Waals surface area contributed by atoms with Crippen LogP contribution in [0.2, 0.25) is 0 Å². The van der Waals surface area contributed by atoms with Gasteiger partial charge in [0.2, 0.25) is 0 Å². The lowest BCUT2D eigenvalue weighted by molar-refractivity contribution is 1.14. The van der Waals surface area contributed by atoms with Gasteiger partial charge in [0.15, 0.2) is 0 Å². The molecule has 23 heavy (non-hydrogen) atoms. The topological polar surface area (TPSA) is 0 Å². The standard InChI is InChI=1S/C10H8.C9H12.2C2H6/c1-2-6-10-8-4-3-7-9(10)5-1;1-3-9-6-4-8(2)5-7-9;2*1-2/h1-8H;4-7H,3H2,1-2H3;2*1-2H3. The van der Waals surface area contributed by atoms with E-state index in [1.54, 1.807) is 0 Å². The minimum Gasteiger partial charge on any atom is -0.0683 e. The van der Waals surface area contributed by atoms with Crippen molar-refractivity contribution in [2.75, 3.05) is 0 Å². The highest BCUT2D eigenvalue weighted by atomic mass is 13.9. The van der Waals surface area contributed by atoms with E-state index in [2.05, 4.69) is 86.6 Å². The summed E-state index contributed by atoms with van der Waals surface area (Å²) in [4.78, 5) is 0. The summed E-state index contributed by atoms with van der Waals surface area (Å²) in [6.07, 6.45) is 1.14. The third-order valence-electron chi connectivity index (χ3n) is 3.19. The maximum atomic E-state index is 2.18. The quantitative estimate of drug-likeness (QED) is 0.438. The molecule has 124 valence electrons. The summed E-state index contributed by atoms with van der Waals surface area (Å²) in [5.41, 5.74) is 2.76. The van der Waals surface area contributed by atoms with Crippen LogP contribution >= 0.6 is 0 Å². The number of hydrogen-bond donors (Lipinski definition) is 0. The van der Waals surface area contributed by atoms with Gasteiger partial charge in [0.25, 0.3) is 0 Å². The first kappa shape index (κ1) is 20.9. The van der Waals surface area contributed by atoms with Crippen LogP contribution < -0.4 is 0 Å². The van der Waals surface area contributed by atoms with Crippen LogP contribution in [0.25, 0.3) is 10.8 Å². The molecule has 0 amide bonds. The zero-order valence-corrected chi connectivity index (χ0v) is 15.6. The van der Waals surface area contributed by atoms with E-state index >= 15 is 0 Å². The van der Waals surface area contributed by atoms with Crippen LogP contribution in [0.15, 0.2) is 72.8 Å². The number of aryl methyl sites for hydroxylation is 2. The number of rotatable bonds is 1. The molecule has 3 aromatic carbocycles. The van der Waals surface area contributed by atoms with Gasteiger partial charge in [0, 0.05) is 0 Å². The smallest absolute Gasteiger partial charge is 0.0184 e. The van der Waals surface area contributed by atoms with Gasteiger partial charge in [-0.15, -0.1) is 0 Å². The Hall–Kier alpha value is -2.08. The molecule has 0 unspecified atom stereocenters. The minimum atomic E-state index is 1.14. The van der Waals surface area contributed by atoms with Crippen molar-refractivity contribution in [3.05, 3.63) is 83.9 Å². The summed E-state index contributed by atoms with van der Waals surface area (Å²) in [6, 6.07) is 25.4. The fourth-order valence-electron chi connectivity index (χ4n) is 1.96. The minimum absolute atomic E-state index is 1.14. The molecule has 0 aliphatic heterocycles. The first-order chi connectivity index (χ1) is 11.3. The maximum Gasteiger partial charge on any atom is -0.0184 e. The Balaban J connectivity index is 0.000000349. The molecule has 3 rings (SSSR count). The Labute approximate surface area is 143 Å². The van der Waals surface area contributed by atoms with Gasteiger partial charge in [-0.2, -0.15) is 0 Å². The van der Waals surface area contributed by atoms with Gasteiger partial charge in [0.05, 0.1) is 0 Å². The average molecular weight is 309 g/mol. The van der Waals surface area contributed by atoms with Gasteiger partial charge in [-0.1, -0.05) is 113 Å². The first-order valence-corrected chi connectivity index (χ1v) is 8.79. The summed E-state index contributed by atoms with van der Waals surface area (Å²) in [7, 11) is 0. The lowest BCUT2D eigenvalue weighted by Crippen LogP contribution is -1.77. The normalized spacial score (nSPS) is 8.61. The predicted octanol–water partition coefficient (Wildman–Crippen LogP) is 7.45. The largest absolute Gasteiger partial charge is 0.0683 e. The Bertz CT molecular complexity index is 555. The summed E-state index contributed by atoms with van der Waals surface area (Å²) in [6.45, 7) is 12.3. The summed E-state index contributed by atoms with van der Waals surface area (Å²) in [5.74, 6) is 0. The van der Waals surface area contributed by atoms with Crippen LogP contribution in [0.1, 0.15) is 45.7 Å². The van der Waals surface area contributed by atoms with Crippen molar-refractivity contribution in [1.29, 1.82) is 0 Å². The third-order valence-corrected chi connectivity index (χ3v) is 3.19. The predicted molar refractivity (Wildman–Crippen MR) is 107 cm³/mol. The summed E-state index contributed by atoms with van der Waals surface area (Å²) < 4.78 is 0. The van der Waals surface area contributed by atoms with Crippen LogP contribution in [-0.2, 0) is 6.42 Å². The highest BCUT2D eigenvalue weighted by Crippen LogP contribution is 2.11. The van der Waals surface area contributed by atoms with E-state index in [9.17, 15) is 0 Å². The molecule has 0 aliphatic rings. The van der Waals surface area contributed by atoms with E-state index in [-0.39, 0.29) is 0 Å². The van der Waals surface area contributed by atoms with Crippen molar-refractivity contribution in [2.24, 2.45) is 0 Å². The molecule has 0 fully saturated rings. The Morgan fingerprint density at radius 3 is 1.22 bits per heavy atom. The monoisotopic (exact) mass is 308 g/mol. The van der Waals surface area contributed by atoms with Crippen LogP contribution in [-0.4, -0.2) is 0 Å². The van der Waals surface area contributed by atoms with Crippen LogP contribution in [0.5, 0.6) is 0 Å². The van der Waals surface area contributed by atoms with E-state index < -0.39 is 0 Å². The molecule has 0 saturated carbocycles. The summed E-state index contributed by atoms with van der Waals surface area (Å²) >= 11 is 0. The molecule has 0 radical (unpaired) electrons. The highest BCUT2D eigenvalue weighted by Gasteiger charge is 1.85. The van der Waals surface area contributed by atoms with Gasteiger partial charge in [-0.3, -0.25) is 0 Å². The molecular formula is C23H32. The molecule has 0 N–H and O–H groups in total. The first-order valence-electron chi connectivity index (χ1n) is 8.79.